The Morgan fingerprint density at radius 3 is 2.33 bits per heavy atom. The lowest BCUT2D eigenvalue weighted by Gasteiger charge is -2.05. The molecule has 114 valence electrons. The van der Waals surface area contributed by atoms with E-state index in [1.807, 2.05) is 48.8 Å². The molecule has 5 aromatic rings. The first-order chi connectivity index (χ1) is 11.9. The molecule has 0 saturated heterocycles. The first-order valence-electron chi connectivity index (χ1n) is 7.86. The number of rotatable bonds is 2. The minimum Gasteiger partial charge on any atom is -0.338 e. The quantitative estimate of drug-likeness (QED) is 0.519. The molecule has 0 radical (unpaired) electrons. The predicted octanol–water partition coefficient (Wildman–Crippen LogP) is 4.57. The molecule has 1 N–H and O–H groups in total. The molecule has 0 fully saturated rings. The van der Waals surface area contributed by atoms with E-state index in [0.29, 0.717) is 0 Å². The molecule has 5 rings (SSSR count). The summed E-state index contributed by atoms with van der Waals surface area (Å²) < 4.78 is 2.09. The lowest BCUT2D eigenvalue weighted by molar-refractivity contribution is 1.09. The van der Waals surface area contributed by atoms with E-state index in [1.54, 1.807) is 0 Å². The highest BCUT2D eigenvalue weighted by Crippen LogP contribution is 2.23. The SMILES string of the molecule is c1ccc2[nH]c(-c3ccc(-n4cnc5ccccc54)cc3)nc2c1. The Hall–Kier alpha value is -3.40. The molecule has 4 heteroatoms. The molecule has 0 atom stereocenters. The number of hydrogen-bond acceptors (Lipinski definition) is 2. The number of aromatic nitrogens is 4. The van der Waals surface area contributed by atoms with Crippen molar-refractivity contribution in [2.45, 2.75) is 0 Å². The lowest BCUT2D eigenvalue weighted by Crippen LogP contribution is -1.91. The highest BCUT2D eigenvalue weighted by Gasteiger charge is 2.07. The maximum Gasteiger partial charge on any atom is 0.138 e. The van der Waals surface area contributed by atoms with Crippen LogP contribution in [-0.4, -0.2) is 19.5 Å². The van der Waals surface area contributed by atoms with Crippen LogP contribution in [0.5, 0.6) is 0 Å². The molecule has 2 aromatic heterocycles. The number of nitrogens with zero attached hydrogens (tertiary/aromatic N) is 3. The Balaban J connectivity index is 1.57. The average Bonchev–Trinajstić information content (AvgIpc) is 3.26. The van der Waals surface area contributed by atoms with Crippen LogP contribution in [0, 0.1) is 0 Å². The van der Waals surface area contributed by atoms with Crippen molar-refractivity contribution in [1.82, 2.24) is 19.5 Å². The Labute approximate surface area is 138 Å². The molecule has 0 aliphatic heterocycles. The van der Waals surface area contributed by atoms with Crippen molar-refractivity contribution in [3.05, 3.63) is 79.1 Å². The molecule has 0 aliphatic rings. The van der Waals surface area contributed by atoms with Gasteiger partial charge in [0.15, 0.2) is 0 Å². The molecule has 0 amide bonds. The van der Waals surface area contributed by atoms with Crippen LogP contribution in [-0.2, 0) is 0 Å². The van der Waals surface area contributed by atoms with Crippen LogP contribution in [0.25, 0.3) is 39.1 Å². The van der Waals surface area contributed by atoms with E-state index in [9.17, 15) is 0 Å². The van der Waals surface area contributed by atoms with E-state index in [0.717, 1.165) is 39.1 Å². The number of benzene rings is 3. The predicted molar refractivity (Wildman–Crippen MR) is 96.2 cm³/mol. The summed E-state index contributed by atoms with van der Waals surface area (Å²) in [4.78, 5) is 12.5. The van der Waals surface area contributed by atoms with Gasteiger partial charge in [-0.2, -0.15) is 0 Å². The maximum absolute atomic E-state index is 4.65. The van der Waals surface area contributed by atoms with Crippen molar-refractivity contribution in [2.75, 3.05) is 0 Å². The summed E-state index contributed by atoms with van der Waals surface area (Å²) in [5.74, 6) is 0.887. The van der Waals surface area contributed by atoms with Crippen LogP contribution in [0.2, 0.25) is 0 Å². The van der Waals surface area contributed by atoms with Gasteiger partial charge in [0.1, 0.15) is 12.2 Å². The van der Waals surface area contributed by atoms with E-state index >= 15 is 0 Å². The van der Waals surface area contributed by atoms with Crippen LogP contribution >= 0.6 is 0 Å². The zero-order valence-corrected chi connectivity index (χ0v) is 12.8. The highest BCUT2D eigenvalue weighted by molar-refractivity contribution is 5.80. The van der Waals surface area contributed by atoms with Gasteiger partial charge >= 0.3 is 0 Å². The van der Waals surface area contributed by atoms with Crippen molar-refractivity contribution in [1.29, 1.82) is 0 Å². The van der Waals surface area contributed by atoms with Crippen LogP contribution in [0.1, 0.15) is 0 Å². The van der Waals surface area contributed by atoms with Gasteiger partial charge in [0.2, 0.25) is 0 Å². The fourth-order valence-corrected chi connectivity index (χ4v) is 3.03. The van der Waals surface area contributed by atoms with E-state index in [1.165, 1.54) is 0 Å². The van der Waals surface area contributed by atoms with Crippen LogP contribution in [0.15, 0.2) is 79.1 Å². The van der Waals surface area contributed by atoms with Gasteiger partial charge in [-0.1, -0.05) is 24.3 Å². The number of hydrogen-bond donors (Lipinski definition) is 1. The number of H-pyrrole nitrogens is 1. The molecule has 2 heterocycles. The Morgan fingerprint density at radius 1 is 0.750 bits per heavy atom. The van der Waals surface area contributed by atoms with Gasteiger partial charge in [-0.25, -0.2) is 9.97 Å². The Bertz CT molecular complexity index is 1120. The van der Waals surface area contributed by atoms with E-state index in [2.05, 4.69) is 49.9 Å². The van der Waals surface area contributed by atoms with Gasteiger partial charge in [-0.05, 0) is 48.5 Å². The molecule has 0 aliphatic carbocycles. The average molecular weight is 310 g/mol. The molecule has 0 bridgehead atoms. The smallest absolute Gasteiger partial charge is 0.138 e. The fourth-order valence-electron chi connectivity index (χ4n) is 3.03. The summed E-state index contributed by atoms with van der Waals surface area (Å²) in [6.07, 6.45) is 1.86. The summed E-state index contributed by atoms with van der Waals surface area (Å²) in [5, 5.41) is 0. The van der Waals surface area contributed by atoms with Crippen molar-refractivity contribution < 1.29 is 0 Å². The van der Waals surface area contributed by atoms with E-state index in [4.69, 9.17) is 0 Å². The van der Waals surface area contributed by atoms with Gasteiger partial charge in [0.05, 0.1) is 22.1 Å². The number of para-hydroxylation sites is 4. The summed E-state index contributed by atoms with van der Waals surface area (Å²) in [7, 11) is 0. The standard InChI is InChI=1S/C20H14N4/c1-2-6-17-16(5-1)22-20(23-17)14-9-11-15(12-10-14)24-13-21-18-7-3-4-8-19(18)24/h1-13H,(H,22,23). The summed E-state index contributed by atoms with van der Waals surface area (Å²) in [5.41, 5.74) is 6.30. The molecular weight excluding hydrogens is 296 g/mol. The molecule has 24 heavy (non-hydrogen) atoms. The third kappa shape index (κ3) is 2.01. The fraction of sp³-hybridized carbons (Fsp3) is 0. The van der Waals surface area contributed by atoms with Gasteiger partial charge in [-0.15, -0.1) is 0 Å². The highest BCUT2D eigenvalue weighted by atomic mass is 15.0. The zero-order valence-electron chi connectivity index (χ0n) is 12.8. The minimum absolute atomic E-state index is 0.887. The first-order valence-corrected chi connectivity index (χ1v) is 7.86. The normalized spacial score (nSPS) is 11.3. The topological polar surface area (TPSA) is 46.5 Å². The van der Waals surface area contributed by atoms with Gasteiger partial charge in [0.25, 0.3) is 0 Å². The van der Waals surface area contributed by atoms with Crippen LogP contribution in [0.4, 0.5) is 0 Å². The second-order valence-electron chi connectivity index (χ2n) is 5.75. The van der Waals surface area contributed by atoms with Crippen molar-refractivity contribution >= 4 is 22.1 Å². The molecule has 3 aromatic carbocycles. The summed E-state index contributed by atoms with van der Waals surface area (Å²) in [6, 6.07) is 24.6. The Kier molecular flexibility index (Phi) is 2.76. The first kappa shape index (κ1) is 13.1. The van der Waals surface area contributed by atoms with E-state index in [-0.39, 0.29) is 0 Å². The largest absolute Gasteiger partial charge is 0.338 e. The summed E-state index contributed by atoms with van der Waals surface area (Å²) in [6.45, 7) is 0. The Morgan fingerprint density at radius 2 is 1.50 bits per heavy atom. The lowest BCUT2D eigenvalue weighted by atomic mass is 10.2. The second kappa shape index (κ2) is 5.06. The van der Waals surface area contributed by atoms with E-state index < -0.39 is 0 Å². The third-order valence-corrected chi connectivity index (χ3v) is 4.26. The number of nitrogens with one attached hydrogen (secondary N) is 1. The minimum atomic E-state index is 0.887. The second-order valence-corrected chi connectivity index (χ2v) is 5.75. The van der Waals surface area contributed by atoms with Crippen molar-refractivity contribution in [2.24, 2.45) is 0 Å². The maximum atomic E-state index is 4.65. The molecule has 4 nitrogen and oxygen atoms in total. The van der Waals surface area contributed by atoms with Crippen molar-refractivity contribution in [3.63, 3.8) is 0 Å². The van der Waals surface area contributed by atoms with Crippen molar-refractivity contribution in [3.8, 4) is 17.1 Å². The molecule has 0 saturated carbocycles. The monoisotopic (exact) mass is 310 g/mol. The van der Waals surface area contributed by atoms with Gasteiger partial charge < -0.3 is 4.98 Å². The summed E-state index contributed by atoms with van der Waals surface area (Å²) >= 11 is 0. The molecular formula is C20H14N4. The molecule has 0 unspecified atom stereocenters. The van der Waals surface area contributed by atoms with Gasteiger partial charge in [0, 0.05) is 11.3 Å². The number of imidazole rings is 2. The number of fused-ring (bicyclic) bond motifs is 2. The van der Waals surface area contributed by atoms with Gasteiger partial charge in [-0.3, -0.25) is 4.57 Å². The zero-order chi connectivity index (χ0) is 15.9. The van der Waals surface area contributed by atoms with Crippen LogP contribution in [0.3, 0.4) is 0 Å². The number of aromatic amines is 1. The molecule has 0 spiro atoms. The third-order valence-electron chi connectivity index (χ3n) is 4.26. The van der Waals surface area contributed by atoms with Crippen LogP contribution < -0.4 is 0 Å².